The van der Waals surface area contributed by atoms with E-state index in [9.17, 15) is 0 Å². The minimum atomic E-state index is 0.470. The molecule has 1 heteroatoms. The van der Waals surface area contributed by atoms with Crippen molar-refractivity contribution >= 4 is 7.28 Å². The molecule has 3 aromatic carbocycles. The topological polar surface area (TPSA) is 0 Å². The third-order valence-corrected chi connectivity index (χ3v) is 4.37. The highest BCUT2D eigenvalue weighted by Gasteiger charge is 2.13. The normalized spacial score (nSPS) is 11.9. The molecule has 1 radical (unpaired) electrons. The first-order chi connectivity index (χ1) is 11.4. The van der Waals surface area contributed by atoms with Crippen LogP contribution in [0.3, 0.4) is 0 Å². The van der Waals surface area contributed by atoms with E-state index in [1.807, 2.05) is 0 Å². The van der Waals surface area contributed by atoms with Gasteiger partial charge in [-0.15, -0.1) is 0 Å². The largest absolute Gasteiger partial charge is 0.105 e. The zero-order chi connectivity index (χ0) is 15.9. The molecule has 0 nitrogen and oxygen atoms in total. The SMILES string of the molecule is C[B]CCC(c1ccccc1)c1ccc(-c2ccccc2)cc1. The van der Waals surface area contributed by atoms with Crippen molar-refractivity contribution in [1.82, 2.24) is 0 Å². The summed E-state index contributed by atoms with van der Waals surface area (Å²) in [4.78, 5) is 0. The summed E-state index contributed by atoms with van der Waals surface area (Å²) >= 11 is 0. The van der Waals surface area contributed by atoms with Crippen LogP contribution in [0.5, 0.6) is 0 Å². The van der Waals surface area contributed by atoms with Gasteiger partial charge in [-0.1, -0.05) is 98.1 Å². The Morgan fingerprint density at radius 2 is 1.17 bits per heavy atom. The van der Waals surface area contributed by atoms with E-state index in [2.05, 4.69) is 99.0 Å². The van der Waals surface area contributed by atoms with Crippen molar-refractivity contribution in [3.05, 3.63) is 96.1 Å². The lowest BCUT2D eigenvalue weighted by molar-refractivity contribution is 0.774. The minimum Gasteiger partial charge on any atom is -0.0920 e. The lowest BCUT2D eigenvalue weighted by Gasteiger charge is -2.18. The second kappa shape index (κ2) is 7.83. The van der Waals surface area contributed by atoms with Crippen LogP contribution in [0.2, 0.25) is 13.1 Å². The van der Waals surface area contributed by atoms with Crippen LogP contribution in [0, 0.1) is 0 Å². The van der Waals surface area contributed by atoms with Crippen LogP contribution in [0.4, 0.5) is 0 Å². The molecule has 0 fully saturated rings. The molecule has 23 heavy (non-hydrogen) atoms. The summed E-state index contributed by atoms with van der Waals surface area (Å²) in [6.07, 6.45) is 2.30. The molecular weight excluding hydrogens is 275 g/mol. The first-order valence-corrected chi connectivity index (χ1v) is 8.36. The standard InChI is InChI=1S/C22H22B/c1-23-17-16-22(20-10-6-3-7-11-20)21-14-12-19(13-15-21)18-8-4-2-5-9-18/h2-15,22H,16-17H2,1H3. The van der Waals surface area contributed by atoms with E-state index in [0.29, 0.717) is 5.92 Å². The van der Waals surface area contributed by atoms with Gasteiger partial charge >= 0.3 is 0 Å². The first-order valence-electron chi connectivity index (χ1n) is 8.36. The van der Waals surface area contributed by atoms with Gasteiger partial charge in [0.25, 0.3) is 0 Å². The summed E-state index contributed by atoms with van der Waals surface area (Å²) < 4.78 is 0. The van der Waals surface area contributed by atoms with E-state index in [-0.39, 0.29) is 0 Å². The van der Waals surface area contributed by atoms with Crippen LogP contribution in [0.25, 0.3) is 11.1 Å². The molecule has 0 saturated carbocycles. The van der Waals surface area contributed by atoms with Crippen LogP contribution in [-0.4, -0.2) is 7.28 Å². The molecule has 0 heterocycles. The van der Waals surface area contributed by atoms with Crippen molar-refractivity contribution in [2.45, 2.75) is 25.5 Å². The highest BCUT2D eigenvalue weighted by molar-refractivity contribution is 6.33. The fourth-order valence-electron chi connectivity index (χ4n) is 3.08. The van der Waals surface area contributed by atoms with Gasteiger partial charge in [0.15, 0.2) is 0 Å². The molecule has 0 N–H and O–H groups in total. The summed E-state index contributed by atoms with van der Waals surface area (Å²) in [6.45, 7) is 2.14. The average molecular weight is 297 g/mol. The van der Waals surface area contributed by atoms with Crippen molar-refractivity contribution in [2.75, 3.05) is 0 Å². The van der Waals surface area contributed by atoms with Crippen LogP contribution in [0.15, 0.2) is 84.9 Å². The molecule has 0 aromatic heterocycles. The Bertz CT molecular complexity index is 702. The van der Waals surface area contributed by atoms with Gasteiger partial charge in [-0.2, -0.15) is 0 Å². The molecule has 0 bridgehead atoms. The number of hydrogen-bond acceptors (Lipinski definition) is 0. The zero-order valence-corrected chi connectivity index (χ0v) is 13.7. The second-order valence-corrected chi connectivity index (χ2v) is 5.94. The number of rotatable bonds is 6. The number of benzene rings is 3. The molecule has 1 atom stereocenters. The summed E-state index contributed by atoms with van der Waals surface area (Å²) in [6, 6.07) is 30.5. The van der Waals surface area contributed by atoms with Gasteiger partial charge < -0.3 is 0 Å². The van der Waals surface area contributed by atoms with E-state index >= 15 is 0 Å². The molecule has 3 rings (SSSR count). The Labute approximate surface area is 140 Å². The van der Waals surface area contributed by atoms with Crippen molar-refractivity contribution in [3.63, 3.8) is 0 Å². The Balaban J connectivity index is 1.88. The number of hydrogen-bond donors (Lipinski definition) is 0. The summed E-state index contributed by atoms with van der Waals surface area (Å²) in [5, 5.41) is 0. The maximum atomic E-state index is 2.29. The molecule has 113 valence electrons. The molecule has 0 aliphatic carbocycles. The second-order valence-electron chi connectivity index (χ2n) is 5.94. The monoisotopic (exact) mass is 297 g/mol. The minimum absolute atomic E-state index is 0.470. The molecule has 0 amide bonds. The lowest BCUT2D eigenvalue weighted by Crippen LogP contribution is -2.02. The maximum absolute atomic E-state index is 2.29. The summed E-state index contributed by atoms with van der Waals surface area (Å²) in [7, 11) is 2.26. The average Bonchev–Trinajstić information content (AvgIpc) is 2.64. The predicted octanol–water partition coefficient (Wildman–Crippen LogP) is 6.05. The van der Waals surface area contributed by atoms with Gasteiger partial charge in [0.1, 0.15) is 7.28 Å². The van der Waals surface area contributed by atoms with Crippen molar-refractivity contribution < 1.29 is 0 Å². The lowest BCUT2D eigenvalue weighted by atomic mass is 9.72. The first kappa shape index (κ1) is 15.6. The highest BCUT2D eigenvalue weighted by atomic mass is 14.2. The summed E-state index contributed by atoms with van der Waals surface area (Å²) in [5.41, 5.74) is 5.36. The van der Waals surface area contributed by atoms with Crippen LogP contribution < -0.4 is 0 Å². The van der Waals surface area contributed by atoms with Crippen LogP contribution in [0.1, 0.15) is 23.5 Å². The predicted molar refractivity (Wildman–Crippen MR) is 101 cm³/mol. The third kappa shape index (κ3) is 3.93. The van der Waals surface area contributed by atoms with Crippen molar-refractivity contribution in [1.29, 1.82) is 0 Å². The molecule has 0 aliphatic rings. The zero-order valence-electron chi connectivity index (χ0n) is 13.7. The van der Waals surface area contributed by atoms with Crippen LogP contribution >= 0.6 is 0 Å². The summed E-state index contributed by atoms with van der Waals surface area (Å²) in [5.74, 6) is 0.470. The van der Waals surface area contributed by atoms with Crippen LogP contribution in [-0.2, 0) is 0 Å². The Hall–Kier alpha value is -2.28. The van der Waals surface area contributed by atoms with E-state index in [1.165, 1.54) is 22.3 Å². The molecule has 1 unspecified atom stereocenters. The van der Waals surface area contributed by atoms with Gasteiger partial charge in [0, 0.05) is 5.92 Å². The van der Waals surface area contributed by atoms with Gasteiger partial charge in [-0.05, 0) is 28.7 Å². The molecule has 0 aliphatic heterocycles. The van der Waals surface area contributed by atoms with Gasteiger partial charge in [-0.25, -0.2) is 0 Å². The van der Waals surface area contributed by atoms with Gasteiger partial charge in [0.05, 0.1) is 0 Å². The Kier molecular flexibility index (Phi) is 5.31. The van der Waals surface area contributed by atoms with E-state index in [4.69, 9.17) is 0 Å². The molecular formula is C22H22B. The molecule has 0 spiro atoms. The fraction of sp³-hybridized carbons (Fsp3) is 0.182. The van der Waals surface area contributed by atoms with Gasteiger partial charge in [0.2, 0.25) is 0 Å². The fourth-order valence-corrected chi connectivity index (χ4v) is 3.08. The van der Waals surface area contributed by atoms with E-state index in [0.717, 1.165) is 12.7 Å². The third-order valence-electron chi connectivity index (χ3n) is 4.37. The smallest absolute Gasteiger partial charge is 0.0920 e. The van der Waals surface area contributed by atoms with E-state index in [1.54, 1.807) is 0 Å². The quantitative estimate of drug-likeness (QED) is 0.486. The Morgan fingerprint density at radius 1 is 0.652 bits per heavy atom. The van der Waals surface area contributed by atoms with E-state index < -0.39 is 0 Å². The molecule has 3 aromatic rings. The Morgan fingerprint density at radius 3 is 1.78 bits per heavy atom. The van der Waals surface area contributed by atoms with Crippen molar-refractivity contribution in [3.8, 4) is 11.1 Å². The van der Waals surface area contributed by atoms with Crippen molar-refractivity contribution in [2.24, 2.45) is 0 Å². The maximum Gasteiger partial charge on any atom is 0.105 e. The highest BCUT2D eigenvalue weighted by Crippen LogP contribution is 2.31. The van der Waals surface area contributed by atoms with Gasteiger partial charge in [-0.3, -0.25) is 0 Å². The molecule has 0 saturated heterocycles.